The van der Waals surface area contributed by atoms with Gasteiger partial charge in [0.2, 0.25) is 0 Å². The van der Waals surface area contributed by atoms with E-state index in [9.17, 15) is 4.79 Å². The Bertz CT molecular complexity index is 1410. The lowest BCUT2D eigenvalue weighted by Crippen LogP contribution is -2.29. The number of methoxy groups -OCH3 is 1. The molecular formula is C30H34ClN3O3S. The highest BCUT2D eigenvalue weighted by molar-refractivity contribution is 8.00. The summed E-state index contributed by atoms with van der Waals surface area (Å²) >= 11 is 7.97. The van der Waals surface area contributed by atoms with Gasteiger partial charge in [-0.3, -0.25) is 14.8 Å². The molecule has 8 heteroatoms. The Hall–Kier alpha value is -3.03. The van der Waals surface area contributed by atoms with Gasteiger partial charge in [0, 0.05) is 56.6 Å². The fourth-order valence-corrected chi connectivity index (χ4v) is 5.64. The molecular weight excluding hydrogens is 518 g/mol. The number of esters is 1. The fourth-order valence-electron chi connectivity index (χ4n) is 4.32. The first-order valence-corrected chi connectivity index (χ1v) is 13.7. The van der Waals surface area contributed by atoms with Crippen LogP contribution in [0.5, 0.6) is 5.75 Å². The Labute approximate surface area is 233 Å². The van der Waals surface area contributed by atoms with Crippen LogP contribution in [0.2, 0.25) is 5.02 Å². The van der Waals surface area contributed by atoms with Crippen LogP contribution in [0.25, 0.3) is 10.9 Å². The van der Waals surface area contributed by atoms with E-state index in [0.29, 0.717) is 24.6 Å². The molecule has 0 fully saturated rings. The van der Waals surface area contributed by atoms with Crippen molar-refractivity contribution in [2.75, 3.05) is 7.11 Å². The number of hydrogen-bond acceptors (Lipinski definition) is 6. The zero-order valence-electron chi connectivity index (χ0n) is 22.7. The molecule has 0 aliphatic heterocycles. The molecule has 2 heterocycles. The van der Waals surface area contributed by atoms with Gasteiger partial charge in [0.15, 0.2) is 0 Å². The summed E-state index contributed by atoms with van der Waals surface area (Å²) in [4.78, 5) is 22.3. The monoisotopic (exact) mass is 551 g/mol. The van der Waals surface area contributed by atoms with Crippen molar-refractivity contribution in [1.82, 2.24) is 14.5 Å². The molecule has 38 heavy (non-hydrogen) atoms. The second-order valence-corrected chi connectivity index (χ2v) is 13.2. The third-order valence-corrected chi connectivity index (χ3v) is 7.63. The normalized spacial score (nSPS) is 12.1. The number of carbonyl (C=O) groups is 1. The van der Waals surface area contributed by atoms with Crippen LogP contribution in [0.3, 0.4) is 0 Å². The first-order chi connectivity index (χ1) is 18.0. The number of rotatable bonds is 9. The van der Waals surface area contributed by atoms with E-state index in [0.717, 1.165) is 38.5 Å². The third kappa shape index (κ3) is 6.69. The van der Waals surface area contributed by atoms with Crippen molar-refractivity contribution >= 4 is 40.2 Å². The number of hydrogen-bond donors (Lipinski definition) is 0. The van der Waals surface area contributed by atoms with Crippen LogP contribution in [0.1, 0.15) is 51.6 Å². The predicted molar refractivity (Wildman–Crippen MR) is 154 cm³/mol. The SMILES string of the molecule is COC(=O)C(C)(C)Cc1c(SC(C)(C)C)c2cc(OCc3cnccn3)ccc2n1Cc1ccc(Cl)cc1. The van der Waals surface area contributed by atoms with Crippen LogP contribution >= 0.6 is 23.4 Å². The molecule has 2 aromatic heterocycles. The van der Waals surface area contributed by atoms with Crippen molar-refractivity contribution in [3.8, 4) is 5.75 Å². The van der Waals surface area contributed by atoms with E-state index in [2.05, 4.69) is 47.4 Å². The van der Waals surface area contributed by atoms with E-state index < -0.39 is 5.41 Å². The van der Waals surface area contributed by atoms with Gasteiger partial charge in [-0.1, -0.05) is 44.5 Å². The lowest BCUT2D eigenvalue weighted by molar-refractivity contribution is -0.150. The summed E-state index contributed by atoms with van der Waals surface area (Å²) in [6.45, 7) is 11.4. The molecule has 4 rings (SSSR count). The van der Waals surface area contributed by atoms with E-state index in [-0.39, 0.29) is 10.7 Å². The zero-order chi connectivity index (χ0) is 27.5. The number of halogens is 1. The molecule has 0 saturated heterocycles. The molecule has 0 aliphatic rings. The average Bonchev–Trinajstić information content (AvgIpc) is 3.13. The third-order valence-electron chi connectivity index (χ3n) is 6.10. The first-order valence-electron chi connectivity index (χ1n) is 12.5. The zero-order valence-corrected chi connectivity index (χ0v) is 24.3. The quantitative estimate of drug-likeness (QED) is 0.160. The Morgan fingerprint density at radius 2 is 1.79 bits per heavy atom. The van der Waals surface area contributed by atoms with Crippen molar-refractivity contribution < 1.29 is 14.3 Å². The molecule has 0 N–H and O–H groups in total. The Morgan fingerprint density at radius 3 is 2.42 bits per heavy atom. The lowest BCUT2D eigenvalue weighted by Gasteiger charge is -2.25. The van der Waals surface area contributed by atoms with Crippen LogP contribution < -0.4 is 4.74 Å². The molecule has 0 radical (unpaired) electrons. The first kappa shape index (κ1) is 28.0. The minimum Gasteiger partial charge on any atom is -0.487 e. The Morgan fingerprint density at radius 1 is 1.05 bits per heavy atom. The number of fused-ring (bicyclic) bond motifs is 1. The van der Waals surface area contributed by atoms with Crippen molar-refractivity contribution in [2.45, 2.75) is 63.8 Å². The number of benzene rings is 2. The van der Waals surface area contributed by atoms with Gasteiger partial charge in [-0.2, -0.15) is 0 Å². The predicted octanol–water partition coefficient (Wildman–Crippen LogP) is 7.34. The highest BCUT2D eigenvalue weighted by atomic mass is 35.5. The van der Waals surface area contributed by atoms with Crippen LogP contribution in [-0.2, 0) is 29.1 Å². The Balaban J connectivity index is 1.85. The molecule has 0 amide bonds. The second-order valence-electron chi connectivity index (χ2n) is 10.9. The summed E-state index contributed by atoms with van der Waals surface area (Å²) in [5.74, 6) is 0.516. The molecule has 0 unspecified atom stereocenters. The maximum Gasteiger partial charge on any atom is 0.311 e. The van der Waals surface area contributed by atoms with Gasteiger partial charge < -0.3 is 14.0 Å². The summed E-state index contributed by atoms with van der Waals surface area (Å²) in [5, 5.41) is 1.79. The highest BCUT2D eigenvalue weighted by Crippen LogP contribution is 2.44. The van der Waals surface area contributed by atoms with E-state index in [1.54, 1.807) is 30.4 Å². The van der Waals surface area contributed by atoms with Crippen LogP contribution in [-0.4, -0.2) is 32.4 Å². The molecule has 0 aliphatic carbocycles. The van der Waals surface area contributed by atoms with Gasteiger partial charge in [0.05, 0.1) is 24.4 Å². The van der Waals surface area contributed by atoms with E-state index in [1.807, 2.05) is 44.2 Å². The molecule has 0 spiro atoms. The summed E-state index contributed by atoms with van der Waals surface area (Å²) in [6.07, 6.45) is 5.53. The number of nitrogens with zero attached hydrogens (tertiary/aromatic N) is 3. The summed E-state index contributed by atoms with van der Waals surface area (Å²) in [7, 11) is 1.44. The smallest absolute Gasteiger partial charge is 0.311 e. The van der Waals surface area contributed by atoms with Crippen LogP contribution in [0.4, 0.5) is 0 Å². The minimum atomic E-state index is -0.709. The average molecular weight is 552 g/mol. The summed E-state index contributed by atoms with van der Waals surface area (Å²) in [6, 6.07) is 14.1. The maximum atomic E-state index is 12.7. The summed E-state index contributed by atoms with van der Waals surface area (Å²) < 4.78 is 13.5. The van der Waals surface area contributed by atoms with Gasteiger partial charge in [-0.05, 0) is 49.7 Å². The standard InChI is InChI=1S/C30H34ClN3O3S/c1-29(2,3)38-27-24-15-23(37-19-22-17-32-13-14-33-22)11-12-25(24)34(18-20-7-9-21(31)10-8-20)26(27)16-30(4,5)28(35)36-6/h7-15,17H,16,18-19H2,1-6H3. The topological polar surface area (TPSA) is 66.2 Å². The van der Waals surface area contributed by atoms with Gasteiger partial charge in [0.1, 0.15) is 12.4 Å². The second kappa shape index (κ2) is 11.4. The number of ether oxygens (including phenoxy) is 2. The van der Waals surface area contributed by atoms with Crippen molar-refractivity contribution in [1.29, 1.82) is 0 Å². The van der Waals surface area contributed by atoms with E-state index in [1.165, 1.54) is 7.11 Å². The molecule has 0 bridgehead atoms. The molecule has 200 valence electrons. The Kier molecular flexibility index (Phi) is 8.38. The fraction of sp³-hybridized carbons (Fsp3) is 0.367. The molecule has 4 aromatic rings. The van der Waals surface area contributed by atoms with Gasteiger partial charge in [0.25, 0.3) is 0 Å². The molecule has 6 nitrogen and oxygen atoms in total. The van der Waals surface area contributed by atoms with Crippen LogP contribution in [0.15, 0.2) is 66.0 Å². The van der Waals surface area contributed by atoms with Gasteiger partial charge >= 0.3 is 5.97 Å². The van der Waals surface area contributed by atoms with E-state index in [4.69, 9.17) is 21.1 Å². The van der Waals surface area contributed by atoms with Crippen LogP contribution in [0, 0.1) is 5.41 Å². The molecule has 0 saturated carbocycles. The van der Waals surface area contributed by atoms with Crippen molar-refractivity contribution in [2.24, 2.45) is 5.41 Å². The maximum absolute atomic E-state index is 12.7. The number of thioether (sulfide) groups is 1. The highest BCUT2D eigenvalue weighted by Gasteiger charge is 2.33. The number of aromatic nitrogens is 3. The van der Waals surface area contributed by atoms with Gasteiger partial charge in [-0.15, -0.1) is 11.8 Å². The number of carbonyl (C=O) groups excluding carboxylic acids is 1. The largest absolute Gasteiger partial charge is 0.487 e. The van der Waals surface area contributed by atoms with Crippen molar-refractivity contribution in [3.05, 3.63) is 83.0 Å². The van der Waals surface area contributed by atoms with E-state index >= 15 is 0 Å². The minimum absolute atomic E-state index is 0.0555. The van der Waals surface area contributed by atoms with Gasteiger partial charge in [-0.25, -0.2) is 0 Å². The lowest BCUT2D eigenvalue weighted by atomic mass is 9.87. The van der Waals surface area contributed by atoms with Crippen molar-refractivity contribution in [3.63, 3.8) is 0 Å². The molecule has 2 aromatic carbocycles. The summed E-state index contributed by atoms with van der Waals surface area (Å²) in [5.41, 5.74) is 3.35. The molecule has 0 atom stereocenters.